The minimum absolute atomic E-state index is 0.274. The summed E-state index contributed by atoms with van der Waals surface area (Å²) in [6, 6.07) is 9.34. The number of sulfonamides is 1. The number of aromatic amines is 1. The molecule has 1 unspecified atom stereocenters. The fraction of sp³-hybridized carbons (Fsp3) is 0.455. The van der Waals surface area contributed by atoms with Crippen LogP contribution in [0.3, 0.4) is 0 Å². The molecule has 0 aliphatic carbocycles. The Bertz CT molecular complexity index is 1200. The zero-order valence-corrected chi connectivity index (χ0v) is 19.7. The van der Waals surface area contributed by atoms with E-state index >= 15 is 0 Å². The Morgan fingerprint density at radius 2 is 2.00 bits per heavy atom. The van der Waals surface area contributed by atoms with Gasteiger partial charge < -0.3 is 19.9 Å². The molecular formula is C22H30N6O3S. The monoisotopic (exact) mass is 458 g/mol. The van der Waals surface area contributed by atoms with Gasteiger partial charge in [-0.05, 0) is 57.9 Å². The maximum Gasteiger partial charge on any atom is 0.237 e. The topological polar surface area (TPSA) is 112 Å². The van der Waals surface area contributed by atoms with Crippen molar-refractivity contribution in [1.29, 1.82) is 0 Å². The molecule has 0 amide bonds. The van der Waals surface area contributed by atoms with Gasteiger partial charge in [0, 0.05) is 25.5 Å². The molecule has 2 aromatic heterocycles. The number of hydrogen-bond acceptors (Lipinski definition) is 7. The third-order valence-corrected chi connectivity index (χ3v) is 7.70. The number of rotatable bonds is 7. The van der Waals surface area contributed by atoms with Crippen LogP contribution in [0.1, 0.15) is 33.6 Å². The van der Waals surface area contributed by atoms with Crippen LogP contribution < -0.4 is 14.9 Å². The third kappa shape index (κ3) is 4.51. The lowest BCUT2D eigenvalue weighted by Crippen LogP contribution is -2.33. The molecule has 0 radical (unpaired) electrons. The summed E-state index contributed by atoms with van der Waals surface area (Å²) in [6.07, 6.45) is 4.00. The van der Waals surface area contributed by atoms with E-state index in [1.165, 1.54) is 0 Å². The first-order chi connectivity index (χ1) is 15.2. The number of fused-ring (bicyclic) bond motifs is 1. The summed E-state index contributed by atoms with van der Waals surface area (Å²) in [5, 5.41) is 4.19. The number of hydrogen-bond donors (Lipinski definition) is 3. The van der Waals surface area contributed by atoms with Crippen LogP contribution in [-0.4, -0.2) is 54.4 Å². The molecule has 0 bridgehead atoms. The Balaban J connectivity index is 1.63. The van der Waals surface area contributed by atoms with E-state index in [4.69, 9.17) is 9.72 Å². The van der Waals surface area contributed by atoms with Crippen LogP contribution in [0.15, 0.2) is 36.5 Å². The molecule has 1 saturated heterocycles. The second-order valence-corrected chi connectivity index (χ2v) is 11.4. The van der Waals surface area contributed by atoms with Crippen molar-refractivity contribution in [2.24, 2.45) is 0 Å². The van der Waals surface area contributed by atoms with Crippen LogP contribution in [-0.2, 0) is 14.8 Å². The molecule has 3 aromatic rings. The highest BCUT2D eigenvalue weighted by atomic mass is 32.2. The smallest absolute Gasteiger partial charge is 0.237 e. The van der Waals surface area contributed by atoms with Crippen molar-refractivity contribution in [2.45, 2.75) is 44.4 Å². The van der Waals surface area contributed by atoms with Gasteiger partial charge in [-0.15, -0.1) is 0 Å². The zero-order valence-electron chi connectivity index (χ0n) is 18.8. The van der Waals surface area contributed by atoms with E-state index < -0.39 is 14.8 Å². The second-order valence-electron chi connectivity index (χ2n) is 8.98. The average Bonchev–Trinajstić information content (AvgIpc) is 3.36. The van der Waals surface area contributed by atoms with Gasteiger partial charge in [0.15, 0.2) is 0 Å². The molecule has 4 rings (SSSR count). The Labute approximate surface area is 188 Å². The van der Waals surface area contributed by atoms with E-state index in [1.54, 1.807) is 46.1 Å². The van der Waals surface area contributed by atoms with E-state index in [0.29, 0.717) is 23.9 Å². The van der Waals surface area contributed by atoms with E-state index in [-0.39, 0.29) is 6.04 Å². The van der Waals surface area contributed by atoms with Gasteiger partial charge >= 0.3 is 0 Å². The van der Waals surface area contributed by atoms with E-state index in [2.05, 4.69) is 24.9 Å². The van der Waals surface area contributed by atoms with Crippen molar-refractivity contribution in [3.63, 3.8) is 0 Å². The van der Waals surface area contributed by atoms with E-state index in [1.807, 2.05) is 18.3 Å². The van der Waals surface area contributed by atoms with Crippen molar-refractivity contribution < 1.29 is 13.2 Å². The van der Waals surface area contributed by atoms with Gasteiger partial charge in [0.25, 0.3) is 0 Å². The molecule has 1 aliphatic heterocycles. The number of benzene rings is 1. The second kappa shape index (κ2) is 8.59. The molecule has 3 heterocycles. The maximum atomic E-state index is 12.5. The van der Waals surface area contributed by atoms with Gasteiger partial charge in [0.2, 0.25) is 16.0 Å². The molecule has 172 valence electrons. The Morgan fingerprint density at radius 1 is 1.22 bits per heavy atom. The molecule has 10 heteroatoms. The Hall–Kier alpha value is -2.85. The lowest BCUT2D eigenvalue weighted by atomic mass is 10.2. The van der Waals surface area contributed by atoms with Crippen molar-refractivity contribution in [3.05, 3.63) is 36.5 Å². The molecule has 9 nitrogen and oxygen atoms in total. The lowest BCUT2D eigenvalue weighted by molar-refractivity contribution is 0.180. The van der Waals surface area contributed by atoms with E-state index in [9.17, 15) is 8.42 Å². The zero-order chi connectivity index (χ0) is 22.9. The minimum atomic E-state index is -3.52. The quantitative estimate of drug-likeness (QED) is 0.493. The highest BCUT2D eigenvalue weighted by Gasteiger charge is 2.29. The van der Waals surface area contributed by atoms with Crippen molar-refractivity contribution in [2.75, 3.05) is 35.2 Å². The summed E-state index contributed by atoms with van der Waals surface area (Å²) < 4.78 is 32.2. The lowest BCUT2D eigenvalue weighted by Gasteiger charge is -2.26. The van der Waals surface area contributed by atoms with Crippen molar-refractivity contribution in [3.8, 4) is 0 Å². The number of aromatic nitrogens is 3. The van der Waals surface area contributed by atoms with Gasteiger partial charge in [-0.1, -0.05) is 6.07 Å². The number of nitrogens with zero attached hydrogens (tertiary/aromatic N) is 3. The first kappa shape index (κ1) is 22.3. The van der Waals surface area contributed by atoms with Gasteiger partial charge in [-0.2, -0.15) is 9.97 Å². The Morgan fingerprint density at radius 3 is 2.75 bits per heavy atom. The third-order valence-electron chi connectivity index (χ3n) is 5.58. The number of methoxy groups -OCH3 is 1. The summed E-state index contributed by atoms with van der Waals surface area (Å²) in [6.45, 7) is 6.54. The molecule has 0 spiro atoms. The number of nitrogens with one attached hydrogen (secondary N) is 3. The summed E-state index contributed by atoms with van der Waals surface area (Å²) >= 11 is 0. The molecular weight excluding hydrogens is 428 g/mol. The van der Waals surface area contributed by atoms with Gasteiger partial charge in [0.1, 0.15) is 11.5 Å². The van der Waals surface area contributed by atoms with Crippen molar-refractivity contribution >= 4 is 44.2 Å². The van der Waals surface area contributed by atoms with Crippen LogP contribution in [0, 0.1) is 0 Å². The van der Waals surface area contributed by atoms with Crippen molar-refractivity contribution in [1.82, 2.24) is 15.0 Å². The average molecular weight is 459 g/mol. The van der Waals surface area contributed by atoms with Crippen LogP contribution in [0.4, 0.5) is 23.1 Å². The SMILES string of the molecule is COCC1CCCN1c1nc(Nc2cccc(NS(=O)(=O)C(C)(C)C)c2)nc2[nH]ccc12. The Kier molecular flexibility index (Phi) is 6.00. The van der Waals surface area contributed by atoms with Gasteiger partial charge in [-0.3, -0.25) is 4.72 Å². The molecule has 1 fully saturated rings. The highest BCUT2D eigenvalue weighted by Crippen LogP contribution is 2.32. The minimum Gasteiger partial charge on any atom is -0.383 e. The molecule has 3 N–H and O–H groups in total. The predicted octanol–water partition coefficient (Wildman–Crippen LogP) is 3.86. The van der Waals surface area contributed by atoms with Crippen LogP contribution >= 0.6 is 0 Å². The van der Waals surface area contributed by atoms with Crippen LogP contribution in [0.5, 0.6) is 0 Å². The normalized spacial score (nSPS) is 17.1. The molecule has 0 saturated carbocycles. The standard InChI is InChI=1S/C22H30N6O3S/c1-22(2,3)32(29,30)27-16-8-5-7-15(13-16)24-21-25-19-18(10-11-23-19)20(26-21)28-12-6-9-17(28)14-31-4/h5,7-8,10-11,13,17,27H,6,9,12,14H2,1-4H3,(H2,23,24,25,26). The molecule has 1 aliphatic rings. The number of H-pyrrole nitrogens is 1. The first-order valence-corrected chi connectivity index (χ1v) is 12.2. The summed E-state index contributed by atoms with van der Waals surface area (Å²) in [5.74, 6) is 1.30. The fourth-order valence-corrected chi connectivity index (χ4v) is 4.52. The molecule has 32 heavy (non-hydrogen) atoms. The number of ether oxygens (including phenoxy) is 1. The summed E-state index contributed by atoms with van der Waals surface area (Å²) in [7, 11) is -1.81. The highest BCUT2D eigenvalue weighted by molar-refractivity contribution is 7.94. The summed E-state index contributed by atoms with van der Waals surface area (Å²) in [5.41, 5.74) is 1.90. The van der Waals surface area contributed by atoms with Gasteiger partial charge in [0.05, 0.1) is 28.5 Å². The maximum absolute atomic E-state index is 12.5. The van der Waals surface area contributed by atoms with Crippen LogP contribution in [0.2, 0.25) is 0 Å². The largest absolute Gasteiger partial charge is 0.383 e. The predicted molar refractivity (Wildman–Crippen MR) is 128 cm³/mol. The van der Waals surface area contributed by atoms with Crippen LogP contribution in [0.25, 0.3) is 11.0 Å². The number of anilines is 4. The fourth-order valence-electron chi connectivity index (χ4n) is 3.78. The first-order valence-electron chi connectivity index (χ1n) is 10.7. The summed E-state index contributed by atoms with van der Waals surface area (Å²) in [4.78, 5) is 14.9. The molecule has 1 aromatic carbocycles. The molecule has 1 atom stereocenters. The van der Waals surface area contributed by atoms with Gasteiger partial charge in [-0.25, -0.2) is 8.42 Å². The van der Waals surface area contributed by atoms with E-state index in [0.717, 1.165) is 36.2 Å².